The minimum atomic E-state index is -0.965. The predicted molar refractivity (Wildman–Crippen MR) is 87.7 cm³/mol. The van der Waals surface area contributed by atoms with Crippen molar-refractivity contribution in [2.75, 3.05) is 0 Å². The second-order valence-electron chi connectivity index (χ2n) is 4.14. The normalized spacial score (nSPS) is 11.7. The Hall–Kier alpha value is -0.850. The van der Waals surface area contributed by atoms with Crippen molar-refractivity contribution < 1.29 is 9.18 Å². The quantitative estimate of drug-likeness (QED) is 0.506. The first-order valence-electron chi connectivity index (χ1n) is 5.44. The van der Waals surface area contributed by atoms with Crippen LogP contribution in [0.2, 0.25) is 0 Å². The Labute approximate surface area is 140 Å². The molecule has 0 fully saturated rings. The third-order valence-electron chi connectivity index (χ3n) is 2.44. The molecule has 2 heterocycles. The summed E-state index contributed by atoms with van der Waals surface area (Å²) >= 11 is 4.29. The van der Waals surface area contributed by atoms with Crippen LogP contribution in [0.1, 0.15) is 24.5 Å². The van der Waals surface area contributed by atoms with Crippen LogP contribution < -0.4 is 5.56 Å². The Morgan fingerprint density at radius 1 is 1.50 bits per heavy atom. The highest BCUT2D eigenvalue weighted by Crippen LogP contribution is 2.38. The molecule has 0 aromatic carbocycles. The molecule has 6 nitrogen and oxygen atoms in total. The van der Waals surface area contributed by atoms with E-state index < -0.39 is 12.8 Å². The molecule has 0 aliphatic heterocycles. The van der Waals surface area contributed by atoms with Gasteiger partial charge in [-0.1, -0.05) is 45.2 Å². The van der Waals surface area contributed by atoms with Gasteiger partial charge in [-0.05, 0) is 6.92 Å². The van der Waals surface area contributed by atoms with Gasteiger partial charge >= 0.3 is 0 Å². The third-order valence-corrected chi connectivity index (χ3v) is 3.40. The van der Waals surface area contributed by atoms with E-state index in [2.05, 4.69) is 60.1 Å². The number of hydrogen-bond acceptors (Lipinski definition) is 4. The van der Waals surface area contributed by atoms with Crippen LogP contribution in [0.5, 0.6) is 0 Å². The largest absolute Gasteiger partial charge is 0.303 e. The van der Waals surface area contributed by atoms with Gasteiger partial charge in [-0.2, -0.15) is 4.39 Å². The summed E-state index contributed by atoms with van der Waals surface area (Å²) in [6.45, 7) is 3.30. The van der Waals surface area contributed by atoms with Gasteiger partial charge in [0, 0.05) is 13.1 Å². The minimum Gasteiger partial charge on any atom is -0.303 e. The number of alkyl halides is 2. The number of H-pyrrole nitrogens is 1. The number of nitrogens with zero attached hydrogens (tertiary/aromatic N) is 3. The predicted octanol–water partition coefficient (Wildman–Crippen LogP) is 2.48. The summed E-state index contributed by atoms with van der Waals surface area (Å²) in [7, 11) is 0. The number of aromatic amines is 1. The summed E-state index contributed by atoms with van der Waals surface area (Å²) in [6, 6.07) is 0. The van der Waals surface area contributed by atoms with Crippen molar-refractivity contribution in [3.05, 3.63) is 34.4 Å². The molecule has 9 heteroatoms. The van der Waals surface area contributed by atoms with E-state index in [1.807, 2.05) is 6.92 Å². The Morgan fingerprint density at radius 2 is 2.15 bits per heavy atom. The molecule has 2 rings (SSSR count). The van der Waals surface area contributed by atoms with E-state index in [0.29, 0.717) is 11.5 Å². The number of aromatic nitrogens is 4. The second-order valence-corrected chi connectivity index (χ2v) is 10.5. The van der Waals surface area contributed by atoms with Crippen LogP contribution in [0, 0.1) is 5.82 Å². The Kier molecular flexibility index (Phi) is 4.27. The highest BCUT2D eigenvalue weighted by molar-refractivity contribution is 14.2. The molecule has 2 aromatic rings. The van der Waals surface area contributed by atoms with Gasteiger partial charge < -0.3 is 4.98 Å². The van der Waals surface area contributed by atoms with Crippen LogP contribution in [0.15, 0.2) is 17.2 Å². The maximum atomic E-state index is 12.9. The van der Waals surface area contributed by atoms with E-state index in [-0.39, 0.29) is 11.7 Å². The van der Waals surface area contributed by atoms with Crippen LogP contribution in [0.4, 0.5) is 4.39 Å². The molecule has 0 bridgehead atoms. The van der Waals surface area contributed by atoms with Crippen molar-refractivity contribution >= 4 is 51.1 Å². The molecular weight excluding hydrogens is 493 g/mol. The zero-order valence-corrected chi connectivity index (χ0v) is 14.8. The van der Waals surface area contributed by atoms with Gasteiger partial charge in [0.15, 0.2) is 5.82 Å². The molecule has 0 spiro atoms. The maximum absolute atomic E-state index is 12.9. The summed E-state index contributed by atoms with van der Waals surface area (Å²) in [5.74, 6) is -0.529. The van der Waals surface area contributed by atoms with E-state index >= 15 is 0 Å². The molecule has 2 aromatic heterocycles. The number of imidazole rings is 1. The molecule has 0 unspecified atom stereocenters. The number of hydrogen-bond donors (Lipinski definition) is 1. The summed E-state index contributed by atoms with van der Waals surface area (Å²) < 4.78 is 13.9. The summed E-state index contributed by atoms with van der Waals surface area (Å²) in [4.78, 5) is 33.3. The lowest BCUT2D eigenvalue weighted by Gasteiger charge is -2.13. The van der Waals surface area contributed by atoms with Gasteiger partial charge in [0.25, 0.3) is 5.56 Å². The molecule has 0 radical (unpaired) electrons. The monoisotopic (exact) mass is 502 g/mol. The highest BCUT2D eigenvalue weighted by Gasteiger charge is 2.27. The molecule has 0 saturated heterocycles. The Balaban J connectivity index is 2.61. The van der Waals surface area contributed by atoms with Crippen LogP contribution in [0.25, 0.3) is 11.5 Å². The van der Waals surface area contributed by atoms with Crippen molar-refractivity contribution in [2.24, 2.45) is 0 Å². The van der Waals surface area contributed by atoms with Gasteiger partial charge in [-0.15, -0.1) is 0 Å². The van der Waals surface area contributed by atoms with E-state index in [9.17, 15) is 14.0 Å². The van der Waals surface area contributed by atoms with Crippen LogP contribution in [-0.2, 0) is 1.43 Å². The Bertz CT molecular complexity index is 733. The number of rotatable bonds is 2. The van der Waals surface area contributed by atoms with E-state index in [1.165, 1.54) is 17.7 Å². The topological polar surface area (TPSA) is 80.6 Å². The van der Waals surface area contributed by atoms with Gasteiger partial charge in [-0.3, -0.25) is 14.2 Å². The smallest absolute Gasteiger partial charge is 0.287 e. The number of carbonyl (C=O) groups is 1. The Morgan fingerprint density at radius 3 is 2.60 bits per heavy atom. The van der Waals surface area contributed by atoms with Crippen molar-refractivity contribution in [1.82, 2.24) is 19.5 Å². The molecule has 0 saturated carbocycles. The lowest BCUT2D eigenvalue weighted by atomic mass is 10.4. The van der Waals surface area contributed by atoms with Crippen molar-refractivity contribution in [2.45, 2.75) is 15.3 Å². The van der Waals surface area contributed by atoms with Gasteiger partial charge in [0.1, 0.15) is 12.9 Å². The minimum absolute atomic E-state index is 0.120. The average molecular weight is 502 g/mol. The van der Waals surface area contributed by atoms with Crippen LogP contribution in [-0.4, -0.2) is 25.4 Å². The zero-order chi connectivity index (χ0) is 15.1. The zero-order valence-electron chi connectivity index (χ0n) is 10.4. The molecule has 1 N–H and O–H groups in total. The summed E-state index contributed by atoms with van der Waals surface area (Å²) in [5, 5.41) is 0. The van der Waals surface area contributed by atoms with Gasteiger partial charge in [-0.25, -0.2) is 9.97 Å². The highest BCUT2D eigenvalue weighted by atomic mass is 127. The molecule has 0 aliphatic carbocycles. The lowest BCUT2D eigenvalue weighted by molar-refractivity contribution is 0.0933. The van der Waals surface area contributed by atoms with Crippen molar-refractivity contribution in [1.29, 1.82) is 0 Å². The van der Waals surface area contributed by atoms with Crippen molar-refractivity contribution in [3.8, 4) is 11.5 Å². The number of carbonyl (C=O) groups excluding carboxylic acids is 1. The first-order valence-corrected chi connectivity index (χ1v) is 7.59. The summed E-state index contributed by atoms with van der Waals surface area (Å²) in [5.41, 5.74) is -0.563. The van der Waals surface area contributed by atoms with Crippen molar-refractivity contribution in [3.63, 3.8) is 0 Å². The first kappa shape index (κ1) is 15.5. The van der Waals surface area contributed by atoms with Crippen LogP contribution >= 0.6 is 45.2 Å². The molecule has 0 amide bonds. The van der Waals surface area contributed by atoms with Crippen LogP contribution in [0.3, 0.4) is 0 Å². The third kappa shape index (κ3) is 3.07. The van der Waals surface area contributed by atoms with Gasteiger partial charge in [0.2, 0.25) is 11.7 Å². The molecule has 0 atom stereocenters. The molecule has 106 valence electrons. The molecule has 0 aliphatic rings. The van der Waals surface area contributed by atoms with E-state index in [0.717, 1.165) is 6.20 Å². The fraction of sp³-hybridized carbons (Fsp3) is 0.273. The standard InChI is InChI=1S/C11H9FI2N4O2/c1-5(19)18-4-7(16-10(18)11(2,13)14)8-15-3-6(12)9(20)17-8/h3-4H,1-2H3,(H,15,17,20). The SMILES string of the molecule is CC(=O)n1cc(-c2ncc(F)c(=O)[nH]2)nc1C(C)(I)I. The number of halogens is 3. The fourth-order valence-electron chi connectivity index (χ4n) is 1.55. The number of nitrogens with one attached hydrogen (secondary N) is 1. The molecular formula is C11H9FI2N4O2. The second kappa shape index (κ2) is 5.50. The fourth-order valence-corrected chi connectivity index (χ4v) is 2.31. The lowest BCUT2D eigenvalue weighted by Crippen LogP contribution is -2.16. The van der Waals surface area contributed by atoms with E-state index in [1.54, 1.807) is 0 Å². The van der Waals surface area contributed by atoms with Gasteiger partial charge in [0.05, 0.1) is 6.20 Å². The molecule has 20 heavy (non-hydrogen) atoms. The van der Waals surface area contributed by atoms with E-state index in [4.69, 9.17) is 0 Å². The first-order chi connectivity index (χ1) is 9.20. The average Bonchev–Trinajstić information content (AvgIpc) is 2.77. The summed E-state index contributed by atoms with van der Waals surface area (Å²) in [6.07, 6.45) is 2.30. The maximum Gasteiger partial charge on any atom is 0.287 e.